The molecule has 1 heterocycles. The maximum Gasteiger partial charge on any atom is 0.185 e. The summed E-state index contributed by atoms with van der Waals surface area (Å²) in [6.45, 7) is 8.45. The third-order valence-electron chi connectivity index (χ3n) is 3.06. The average Bonchev–Trinajstić information content (AvgIpc) is 2.95. The van der Waals surface area contributed by atoms with Gasteiger partial charge in [-0.25, -0.2) is 0 Å². The summed E-state index contributed by atoms with van der Waals surface area (Å²) in [4.78, 5) is 20.4. The lowest BCUT2D eigenvalue weighted by molar-refractivity contribution is 0.109. The smallest absolute Gasteiger partial charge is 0.185 e. The van der Waals surface area contributed by atoms with Gasteiger partial charge in [0.1, 0.15) is 12.0 Å². The van der Waals surface area contributed by atoms with E-state index in [2.05, 4.69) is 20.8 Å². The van der Waals surface area contributed by atoms with Crippen LogP contribution in [0.25, 0.3) is 0 Å². The van der Waals surface area contributed by atoms with E-state index in [1.165, 1.54) is 5.56 Å². The Hall–Kier alpha value is -2.16. The van der Waals surface area contributed by atoms with Crippen molar-refractivity contribution >= 4 is 12.6 Å². The molecule has 2 rings (SSSR count). The van der Waals surface area contributed by atoms with Crippen LogP contribution in [0.15, 0.2) is 40.8 Å². The van der Waals surface area contributed by atoms with E-state index in [0.717, 1.165) is 24.0 Å². The van der Waals surface area contributed by atoms with Crippen molar-refractivity contribution in [2.24, 2.45) is 0 Å². The second-order valence-electron chi connectivity index (χ2n) is 5.77. The number of aryl methyl sites for hydroxylation is 1. The van der Waals surface area contributed by atoms with Gasteiger partial charge in [0.2, 0.25) is 0 Å². The van der Waals surface area contributed by atoms with Crippen LogP contribution >= 0.6 is 0 Å². The molecule has 0 radical (unpaired) electrons. The van der Waals surface area contributed by atoms with Gasteiger partial charge in [-0.3, -0.25) is 9.59 Å². The van der Waals surface area contributed by atoms with Gasteiger partial charge >= 0.3 is 0 Å². The van der Waals surface area contributed by atoms with E-state index < -0.39 is 0 Å². The molecule has 0 spiro atoms. The fourth-order valence-corrected chi connectivity index (χ4v) is 1.71. The van der Waals surface area contributed by atoms with Gasteiger partial charge in [-0.2, -0.15) is 0 Å². The Morgan fingerprint density at radius 2 is 1.57 bits per heavy atom. The van der Waals surface area contributed by atoms with Crippen molar-refractivity contribution in [1.82, 2.24) is 0 Å². The Morgan fingerprint density at radius 3 is 1.90 bits per heavy atom. The van der Waals surface area contributed by atoms with Gasteiger partial charge in [-0.15, -0.1) is 0 Å². The maximum atomic E-state index is 10.4. The number of hydrogen-bond donors (Lipinski definition) is 0. The summed E-state index contributed by atoms with van der Waals surface area (Å²) in [5.74, 6) is 1.27. The van der Waals surface area contributed by atoms with E-state index in [-0.39, 0.29) is 5.41 Å². The largest absolute Gasteiger partial charge is 0.458 e. The number of furan rings is 1. The van der Waals surface area contributed by atoms with Crippen LogP contribution in [0, 0.1) is 0 Å². The van der Waals surface area contributed by atoms with Gasteiger partial charge < -0.3 is 4.42 Å². The average molecular weight is 286 g/mol. The molecule has 0 amide bonds. The monoisotopic (exact) mass is 286 g/mol. The molecule has 3 heteroatoms. The fraction of sp³-hybridized carbons (Fsp3) is 0.333. The predicted octanol–water partition coefficient (Wildman–Crippen LogP) is 4.45. The number of carbonyl (C=O) groups is 2. The van der Waals surface area contributed by atoms with Crippen molar-refractivity contribution in [3.63, 3.8) is 0 Å². The van der Waals surface area contributed by atoms with Crippen molar-refractivity contribution in [3.05, 3.63) is 59.0 Å². The van der Waals surface area contributed by atoms with E-state index in [0.29, 0.717) is 12.0 Å². The highest BCUT2D eigenvalue weighted by atomic mass is 16.3. The van der Waals surface area contributed by atoms with Crippen molar-refractivity contribution < 1.29 is 14.0 Å². The zero-order valence-corrected chi connectivity index (χ0v) is 13.1. The van der Waals surface area contributed by atoms with Crippen molar-refractivity contribution in [2.45, 2.75) is 39.5 Å². The van der Waals surface area contributed by atoms with Gasteiger partial charge in [0.05, 0.1) is 0 Å². The van der Waals surface area contributed by atoms with Crippen LogP contribution in [0.1, 0.15) is 59.9 Å². The number of rotatable bonds is 3. The summed E-state index contributed by atoms with van der Waals surface area (Å²) in [6.07, 6.45) is 2.42. The van der Waals surface area contributed by atoms with Crippen molar-refractivity contribution in [1.29, 1.82) is 0 Å². The molecule has 1 aromatic carbocycles. The summed E-state index contributed by atoms with van der Waals surface area (Å²) in [6, 6.07) is 11.2. The fourth-order valence-electron chi connectivity index (χ4n) is 1.71. The molecule has 0 atom stereocenters. The highest BCUT2D eigenvalue weighted by Gasteiger charge is 2.12. The first-order valence-corrected chi connectivity index (χ1v) is 7.00. The number of aldehydes is 2. The summed E-state index contributed by atoms with van der Waals surface area (Å²) < 4.78 is 5.01. The maximum absolute atomic E-state index is 10.4. The Bertz CT molecular complexity index is 571. The van der Waals surface area contributed by atoms with Crippen LogP contribution < -0.4 is 0 Å². The van der Waals surface area contributed by atoms with Gasteiger partial charge in [0.25, 0.3) is 0 Å². The first kappa shape index (κ1) is 16.9. The topological polar surface area (TPSA) is 47.3 Å². The second-order valence-corrected chi connectivity index (χ2v) is 5.77. The van der Waals surface area contributed by atoms with Gasteiger partial charge in [0.15, 0.2) is 12.0 Å². The zero-order chi connectivity index (χ0) is 15.9. The minimum absolute atomic E-state index is 0.168. The first-order chi connectivity index (χ1) is 9.90. The molecule has 21 heavy (non-hydrogen) atoms. The third-order valence-corrected chi connectivity index (χ3v) is 3.06. The molecule has 2 aromatic rings. The van der Waals surface area contributed by atoms with E-state index in [4.69, 9.17) is 4.42 Å². The van der Waals surface area contributed by atoms with E-state index >= 15 is 0 Å². The van der Waals surface area contributed by atoms with E-state index in [1.807, 2.05) is 37.3 Å². The number of carbonyl (C=O) groups excluding carboxylic acids is 2. The van der Waals surface area contributed by atoms with Crippen molar-refractivity contribution in [3.8, 4) is 0 Å². The molecule has 0 fully saturated rings. The lowest BCUT2D eigenvalue weighted by Crippen LogP contribution is -2.10. The number of benzene rings is 1. The molecule has 0 bridgehead atoms. The third kappa shape index (κ3) is 5.38. The van der Waals surface area contributed by atoms with Crippen LogP contribution in [0.2, 0.25) is 0 Å². The molecule has 3 nitrogen and oxygen atoms in total. The molecular formula is C18H22O3. The zero-order valence-electron chi connectivity index (χ0n) is 13.1. The highest BCUT2D eigenvalue weighted by Crippen LogP contribution is 2.21. The first-order valence-electron chi connectivity index (χ1n) is 7.00. The predicted molar refractivity (Wildman–Crippen MR) is 84.0 cm³/mol. The molecule has 0 aliphatic carbocycles. The quantitative estimate of drug-likeness (QED) is 0.783. The molecule has 0 aliphatic rings. The lowest BCUT2D eigenvalue weighted by Gasteiger charge is -2.18. The molecule has 0 unspecified atom stereocenters. The molecule has 0 N–H and O–H groups in total. The summed E-state index contributed by atoms with van der Waals surface area (Å²) >= 11 is 0. The summed E-state index contributed by atoms with van der Waals surface area (Å²) in [5.41, 5.74) is 2.16. The Kier molecular flexibility index (Phi) is 6.10. The highest BCUT2D eigenvalue weighted by molar-refractivity contribution is 5.74. The van der Waals surface area contributed by atoms with E-state index in [9.17, 15) is 9.59 Å². The van der Waals surface area contributed by atoms with Crippen LogP contribution in [-0.2, 0) is 11.8 Å². The van der Waals surface area contributed by atoms with E-state index in [1.54, 1.807) is 6.07 Å². The Balaban J connectivity index is 0.000000219. The molecule has 0 saturated carbocycles. The molecule has 1 aromatic heterocycles. The van der Waals surface area contributed by atoms with Gasteiger partial charge in [0, 0.05) is 12.0 Å². The van der Waals surface area contributed by atoms with Gasteiger partial charge in [-0.05, 0) is 23.1 Å². The SMILES string of the molecule is CC(C)(C)c1ccc(C=O)cc1.CCc1ccc(C=O)o1. The van der Waals surface area contributed by atoms with Crippen LogP contribution in [0.4, 0.5) is 0 Å². The van der Waals surface area contributed by atoms with Crippen LogP contribution in [0.3, 0.4) is 0 Å². The minimum Gasteiger partial charge on any atom is -0.458 e. The lowest BCUT2D eigenvalue weighted by atomic mass is 9.87. The molecule has 0 saturated heterocycles. The molecular weight excluding hydrogens is 264 g/mol. The van der Waals surface area contributed by atoms with Crippen LogP contribution in [0.5, 0.6) is 0 Å². The molecule has 0 aliphatic heterocycles. The van der Waals surface area contributed by atoms with Crippen LogP contribution in [-0.4, -0.2) is 12.6 Å². The number of hydrogen-bond acceptors (Lipinski definition) is 3. The van der Waals surface area contributed by atoms with Crippen molar-refractivity contribution in [2.75, 3.05) is 0 Å². The normalized spacial score (nSPS) is 10.5. The summed E-state index contributed by atoms with van der Waals surface area (Å²) in [7, 11) is 0. The minimum atomic E-state index is 0.168. The molecule has 112 valence electrons. The standard InChI is InChI=1S/C11H14O.C7H8O2/c1-11(2,3)10-6-4-9(8-12)5-7-10;1-2-6-3-4-7(5-8)9-6/h4-8H,1-3H3;3-5H,2H2,1H3. The second kappa shape index (κ2) is 7.58. The summed E-state index contributed by atoms with van der Waals surface area (Å²) in [5, 5.41) is 0. The Morgan fingerprint density at radius 1 is 0.952 bits per heavy atom. The van der Waals surface area contributed by atoms with Gasteiger partial charge in [-0.1, -0.05) is 52.0 Å². The Labute approximate surface area is 126 Å².